The van der Waals surface area contributed by atoms with Crippen LogP contribution in [0.5, 0.6) is 0 Å². The largest absolute Gasteiger partial charge is 0.393 e. The number of carbonyl (C=O) groups is 1. The predicted molar refractivity (Wildman–Crippen MR) is 75.1 cm³/mol. The van der Waals surface area contributed by atoms with E-state index >= 15 is 0 Å². The summed E-state index contributed by atoms with van der Waals surface area (Å²) in [6.45, 7) is 4.06. The number of carbonyl (C=O) groups excluding carboxylic acids is 1. The van der Waals surface area contributed by atoms with Crippen molar-refractivity contribution in [2.24, 2.45) is 0 Å². The molecule has 1 aromatic heterocycles. The number of amides is 1. The van der Waals surface area contributed by atoms with Gasteiger partial charge in [-0.15, -0.1) is 0 Å². The number of nitrogens with one attached hydrogen (secondary N) is 1. The fourth-order valence-electron chi connectivity index (χ4n) is 1.92. The lowest BCUT2D eigenvalue weighted by atomic mass is 10.1. The first-order chi connectivity index (χ1) is 9.08. The fraction of sp³-hybridized carbons (Fsp3) is 0.333. The zero-order chi connectivity index (χ0) is 13.8. The Bertz CT molecular complexity index is 594. The Labute approximate surface area is 112 Å². The molecule has 0 aliphatic carbocycles. The van der Waals surface area contributed by atoms with E-state index in [1.54, 1.807) is 13.0 Å². The number of benzene rings is 1. The quantitative estimate of drug-likeness (QED) is 0.882. The highest BCUT2D eigenvalue weighted by molar-refractivity contribution is 6.05. The normalized spacial score (nSPS) is 12.4. The number of aliphatic hydroxyl groups is 1. The smallest absolute Gasteiger partial charge is 0.253 e. The SMILES string of the molecule is Cc1ccc2cccc(C(=O)NCCC(C)O)c2n1. The molecular weight excluding hydrogens is 240 g/mol. The van der Waals surface area contributed by atoms with Gasteiger partial charge >= 0.3 is 0 Å². The van der Waals surface area contributed by atoms with Crippen LogP contribution in [0.4, 0.5) is 0 Å². The van der Waals surface area contributed by atoms with Crippen LogP contribution < -0.4 is 5.32 Å². The molecule has 0 aliphatic rings. The van der Waals surface area contributed by atoms with Gasteiger partial charge in [-0.2, -0.15) is 0 Å². The number of para-hydroxylation sites is 1. The highest BCUT2D eigenvalue weighted by Crippen LogP contribution is 2.17. The van der Waals surface area contributed by atoms with E-state index in [2.05, 4.69) is 10.3 Å². The van der Waals surface area contributed by atoms with Gasteiger partial charge < -0.3 is 10.4 Å². The molecule has 1 aromatic carbocycles. The Morgan fingerprint density at radius 1 is 1.37 bits per heavy atom. The number of hydrogen-bond acceptors (Lipinski definition) is 3. The molecule has 0 spiro atoms. The molecule has 1 amide bonds. The molecule has 2 aromatic rings. The molecule has 4 nitrogen and oxygen atoms in total. The fourth-order valence-corrected chi connectivity index (χ4v) is 1.92. The first-order valence-corrected chi connectivity index (χ1v) is 6.40. The number of nitrogens with zero attached hydrogens (tertiary/aromatic N) is 1. The molecule has 19 heavy (non-hydrogen) atoms. The Morgan fingerprint density at radius 3 is 2.89 bits per heavy atom. The summed E-state index contributed by atoms with van der Waals surface area (Å²) >= 11 is 0. The molecule has 0 fully saturated rings. The van der Waals surface area contributed by atoms with Gasteiger partial charge in [-0.1, -0.05) is 18.2 Å². The average molecular weight is 258 g/mol. The summed E-state index contributed by atoms with van der Waals surface area (Å²) in [5.74, 6) is -0.149. The van der Waals surface area contributed by atoms with Gasteiger partial charge in [0.15, 0.2) is 0 Å². The van der Waals surface area contributed by atoms with Crippen molar-refractivity contribution < 1.29 is 9.90 Å². The highest BCUT2D eigenvalue weighted by Gasteiger charge is 2.10. The van der Waals surface area contributed by atoms with E-state index in [0.717, 1.165) is 16.6 Å². The minimum atomic E-state index is -0.409. The lowest BCUT2D eigenvalue weighted by Gasteiger charge is -2.09. The molecule has 2 N–H and O–H groups in total. The molecule has 1 atom stereocenters. The number of rotatable bonds is 4. The molecule has 100 valence electrons. The number of aromatic nitrogens is 1. The number of aliphatic hydroxyl groups excluding tert-OH is 1. The maximum absolute atomic E-state index is 12.1. The van der Waals surface area contributed by atoms with E-state index in [4.69, 9.17) is 0 Å². The Hall–Kier alpha value is -1.94. The summed E-state index contributed by atoms with van der Waals surface area (Å²) in [6, 6.07) is 9.45. The van der Waals surface area contributed by atoms with E-state index in [0.29, 0.717) is 18.5 Å². The van der Waals surface area contributed by atoms with Crippen LogP contribution in [0.15, 0.2) is 30.3 Å². The molecule has 0 saturated heterocycles. The average Bonchev–Trinajstić information content (AvgIpc) is 2.37. The van der Waals surface area contributed by atoms with Crippen molar-refractivity contribution in [2.75, 3.05) is 6.54 Å². The van der Waals surface area contributed by atoms with Crippen LogP contribution in [-0.4, -0.2) is 28.6 Å². The number of aryl methyl sites for hydroxylation is 1. The number of pyridine rings is 1. The third-order valence-electron chi connectivity index (χ3n) is 2.95. The summed E-state index contributed by atoms with van der Waals surface area (Å²) in [6.07, 6.45) is 0.136. The zero-order valence-electron chi connectivity index (χ0n) is 11.2. The van der Waals surface area contributed by atoms with E-state index in [1.165, 1.54) is 0 Å². The van der Waals surface area contributed by atoms with Gasteiger partial charge in [0.1, 0.15) is 0 Å². The Kier molecular flexibility index (Phi) is 4.12. The number of hydrogen-bond donors (Lipinski definition) is 2. The number of fused-ring (bicyclic) bond motifs is 1. The van der Waals surface area contributed by atoms with Crippen LogP contribution in [0, 0.1) is 6.92 Å². The van der Waals surface area contributed by atoms with Crippen LogP contribution in [0.25, 0.3) is 10.9 Å². The van der Waals surface area contributed by atoms with Crippen LogP contribution in [0.2, 0.25) is 0 Å². The second-order valence-electron chi connectivity index (χ2n) is 4.72. The molecular formula is C15H18N2O2. The minimum Gasteiger partial charge on any atom is -0.393 e. The maximum Gasteiger partial charge on any atom is 0.253 e. The van der Waals surface area contributed by atoms with E-state index in [1.807, 2.05) is 31.2 Å². The lowest BCUT2D eigenvalue weighted by Crippen LogP contribution is -2.26. The summed E-state index contributed by atoms with van der Waals surface area (Å²) in [7, 11) is 0. The standard InChI is InChI=1S/C15H18N2O2/c1-10-6-7-12-4-3-5-13(14(12)17-10)15(19)16-9-8-11(2)18/h3-7,11,18H,8-9H2,1-2H3,(H,16,19). The zero-order valence-corrected chi connectivity index (χ0v) is 11.2. The van der Waals surface area contributed by atoms with Gasteiger partial charge in [-0.25, -0.2) is 0 Å². The van der Waals surface area contributed by atoms with Crippen molar-refractivity contribution in [1.29, 1.82) is 0 Å². The minimum absolute atomic E-state index is 0.149. The second-order valence-corrected chi connectivity index (χ2v) is 4.72. The van der Waals surface area contributed by atoms with Crippen LogP contribution in [0.1, 0.15) is 29.4 Å². The molecule has 0 saturated carbocycles. The van der Waals surface area contributed by atoms with Gasteiger partial charge in [-0.3, -0.25) is 9.78 Å². The predicted octanol–water partition coefficient (Wildman–Crippen LogP) is 2.04. The third kappa shape index (κ3) is 3.29. The van der Waals surface area contributed by atoms with E-state index in [-0.39, 0.29) is 5.91 Å². The lowest BCUT2D eigenvalue weighted by molar-refractivity contribution is 0.0947. The third-order valence-corrected chi connectivity index (χ3v) is 2.95. The van der Waals surface area contributed by atoms with E-state index < -0.39 is 6.10 Å². The van der Waals surface area contributed by atoms with Gasteiger partial charge in [0.05, 0.1) is 17.2 Å². The monoisotopic (exact) mass is 258 g/mol. The van der Waals surface area contributed by atoms with Crippen molar-refractivity contribution in [2.45, 2.75) is 26.4 Å². The van der Waals surface area contributed by atoms with Crippen molar-refractivity contribution in [3.63, 3.8) is 0 Å². The molecule has 0 aliphatic heterocycles. The Balaban J connectivity index is 2.24. The summed E-state index contributed by atoms with van der Waals surface area (Å²) < 4.78 is 0. The van der Waals surface area contributed by atoms with Crippen LogP contribution in [0.3, 0.4) is 0 Å². The summed E-state index contributed by atoms with van der Waals surface area (Å²) in [5, 5.41) is 12.9. The first-order valence-electron chi connectivity index (χ1n) is 6.40. The van der Waals surface area contributed by atoms with Gasteiger partial charge in [0.25, 0.3) is 5.91 Å². The van der Waals surface area contributed by atoms with Gasteiger partial charge in [-0.05, 0) is 32.4 Å². The molecule has 0 bridgehead atoms. The molecule has 1 heterocycles. The van der Waals surface area contributed by atoms with Crippen molar-refractivity contribution in [1.82, 2.24) is 10.3 Å². The van der Waals surface area contributed by atoms with Crippen LogP contribution >= 0.6 is 0 Å². The summed E-state index contributed by atoms with van der Waals surface area (Å²) in [4.78, 5) is 16.5. The highest BCUT2D eigenvalue weighted by atomic mass is 16.3. The molecule has 4 heteroatoms. The topological polar surface area (TPSA) is 62.2 Å². The van der Waals surface area contributed by atoms with E-state index in [9.17, 15) is 9.90 Å². The first kappa shape index (κ1) is 13.5. The van der Waals surface area contributed by atoms with Crippen molar-refractivity contribution >= 4 is 16.8 Å². The summed E-state index contributed by atoms with van der Waals surface area (Å²) in [5.41, 5.74) is 2.18. The van der Waals surface area contributed by atoms with Crippen molar-refractivity contribution in [3.05, 3.63) is 41.6 Å². The second kappa shape index (κ2) is 5.80. The Morgan fingerprint density at radius 2 is 2.16 bits per heavy atom. The van der Waals surface area contributed by atoms with Gasteiger partial charge in [0, 0.05) is 17.6 Å². The molecule has 1 unspecified atom stereocenters. The van der Waals surface area contributed by atoms with Crippen LogP contribution in [-0.2, 0) is 0 Å². The molecule has 0 radical (unpaired) electrons. The maximum atomic E-state index is 12.1. The molecule has 2 rings (SSSR count). The van der Waals surface area contributed by atoms with Crippen molar-refractivity contribution in [3.8, 4) is 0 Å². The van der Waals surface area contributed by atoms with Gasteiger partial charge in [0.2, 0.25) is 0 Å².